The van der Waals surface area contributed by atoms with Gasteiger partial charge in [-0.3, -0.25) is 0 Å². The molecule has 0 radical (unpaired) electrons. The molecule has 2 aliphatic heterocycles. The lowest BCUT2D eigenvalue weighted by Gasteiger charge is -2.33. The van der Waals surface area contributed by atoms with Gasteiger partial charge in [-0.1, -0.05) is 0 Å². The standard InChI is InChI=1S/C16H23N7/c1-2-6-21(7-3-1)15-10-16(19-12-18-15)22-8-4-14(5-9-22)23-13-17-11-20-23/h10-14H,1-9H2. The molecule has 4 rings (SSSR count). The molecule has 122 valence electrons. The van der Waals surface area contributed by atoms with E-state index in [0.29, 0.717) is 6.04 Å². The summed E-state index contributed by atoms with van der Waals surface area (Å²) in [5, 5.41) is 4.27. The van der Waals surface area contributed by atoms with Gasteiger partial charge in [0.25, 0.3) is 0 Å². The molecule has 4 heterocycles. The zero-order valence-electron chi connectivity index (χ0n) is 13.4. The van der Waals surface area contributed by atoms with Gasteiger partial charge in [0.05, 0.1) is 6.04 Å². The molecule has 23 heavy (non-hydrogen) atoms. The predicted octanol–water partition coefficient (Wildman–Crippen LogP) is 1.90. The Morgan fingerprint density at radius 1 is 0.826 bits per heavy atom. The van der Waals surface area contributed by atoms with Crippen LogP contribution in [-0.2, 0) is 0 Å². The summed E-state index contributed by atoms with van der Waals surface area (Å²) >= 11 is 0. The molecule has 0 aliphatic carbocycles. The Morgan fingerprint density at radius 3 is 2.17 bits per heavy atom. The molecule has 2 fully saturated rings. The van der Waals surface area contributed by atoms with Gasteiger partial charge in [0.15, 0.2) is 0 Å². The molecule has 0 saturated carbocycles. The summed E-state index contributed by atoms with van der Waals surface area (Å²) in [6.07, 6.45) is 11.2. The molecule has 0 unspecified atom stereocenters. The van der Waals surface area contributed by atoms with Crippen LogP contribution in [0.1, 0.15) is 38.1 Å². The molecule has 0 aromatic carbocycles. The Balaban J connectivity index is 1.42. The Bertz CT molecular complexity index is 613. The first-order chi connectivity index (χ1) is 11.4. The van der Waals surface area contributed by atoms with Gasteiger partial charge in [0, 0.05) is 32.2 Å². The molecule has 2 aromatic heterocycles. The Kier molecular flexibility index (Phi) is 4.08. The minimum absolute atomic E-state index is 0.456. The van der Waals surface area contributed by atoms with Crippen molar-refractivity contribution in [2.75, 3.05) is 36.0 Å². The van der Waals surface area contributed by atoms with Gasteiger partial charge in [0.1, 0.15) is 30.6 Å². The highest BCUT2D eigenvalue weighted by molar-refractivity contribution is 5.50. The summed E-state index contributed by atoms with van der Waals surface area (Å²) in [5.41, 5.74) is 0. The van der Waals surface area contributed by atoms with Crippen LogP contribution in [0.2, 0.25) is 0 Å². The van der Waals surface area contributed by atoms with E-state index in [2.05, 4.69) is 35.9 Å². The highest BCUT2D eigenvalue weighted by atomic mass is 15.3. The average Bonchev–Trinajstić information content (AvgIpc) is 3.17. The summed E-state index contributed by atoms with van der Waals surface area (Å²) in [6.45, 7) is 4.23. The van der Waals surface area contributed by atoms with Crippen molar-refractivity contribution in [1.29, 1.82) is 0 Å². The van der Waals surface area contributed by atoms with Crippen molar-refractivity contribution in [2.24, 2.45) is 0 Å². The molecule has 2 aromatic rings. The van der Waals surface area contributed by atoms with Crippen molar-refractivity contribution in [3.8, 4) is 0 Å². The van der Waals surface area contributed by atoms with Crippen molar-refractivity contribution < 1.29 is 0 Å². The number of hydrogen-bond acceptors (Lipinski definition) is 6. The molecule has 7 heteroatoms. The number of anilines is 2. The molecule has 0 bridgehead atoms. The summed E-state index contributed by atoms with van der Waals surface area (Å²) in [5.74, 6) is 2.13. The zero-order chi connectivity index (χ0) is 15.5. The van der Waals surface area contributed by atoms with Gasteiger partial charge in [0.2, 0.25) is 0 Å². The van der Waals surface area contributed by atoms with Crippen LogP contribution in [0, 0.1) is 0 Å². The van der Waals surface area contributed by atoms with Crippen LogP contribution in [0.5, 0.6) is 0 Å². The predicted molar refractivity (Wildman–Crippen MR) is 88.6 cm³/mol. The molecule has 2 aliphatic rings. The topological polar surface area (TPSA) is 63.0 Å². The lowest BCUT2D eigenvalue weighted by Crippen LogP contribution is -2.36. The second kappa shape index (κ2) is 6.52. The normalized spacial score (nSPS) is 20.0. The van der Waals surface area contributed by atoms with Gasteiger partial charge in [-0.05, 0) is 32.1 Å². The van der Waals surface area contributed by atoms with E-state index in [0.717, 1.165) is 50.7 Å². The summed E-state index contributed by atoms with van der Waals surface area (Å²) < 4.78 is 1.98. The number of aromatic nitrogens is 5. The minimum Gasteiger partial charge on any atom is -0.356 e. The van der Waals surface area contributed by atoms with E-state index >= 15 is 0 Å². The van der Waals surface area contributed by atoms with Crippen molar-refractivity contribution in [1.82, 2.24) is 24.7 Å². The maximum Gasteiger partial charge on any atom is 0.137 e. The second-order valence-corrected chi connectivity index (χ2v) is 6.38. The van der Waals surface area contributed by atoms with E-state index in [1.165, 1.54) is 19.3 Å². The van der Waals surface area contributed by atoms with Crippen LogP contribution in [-0.4, -0.2) is 50.9 Å². The van der Waals surface area contributed by atoms with Crippen LogP contribution < -0.4 is 9.80 Å². The third kappa shape index (κ3) is 3.13. The fourth-order valence-corrected chi connectivity index (χ4v) is 3.57. The summed E-state index contributed by atoms with van der Waals surface area (Å²) in [6, 6.07) is 2.61. The summed E-state index contributed by atoms with van der Waals surface area (Å²) in [7, 11) is 0. The first kappa shape index (κ1) is 14.4. The van der Waals surface area contributed by atoms with Crippen molar-refractivity contribution in [3.63, 3.8) is 0 Å². The van der Waals surface area contributed by atoms with E-state index in [4.69, 9.17) is 0 Å². The zero-order valence-corrected chi connectivity index (χ0v) is 13.4. The van der Waals surface area contributed by atoms with Crippen LogP contribution in [0.3, 0.4) is 0 Å². The van der Waals surface area contributed by atoms with E-state index in [1.54, 1.807) is 12.7 Å². The Hall–Kier alpha value is -2.18. The van der Waals surface area contributed by atoms with Crippen molar-refractivity contribution in [3.05, 3.63) is 25.0 Å². The second-order valence-electron chi connectivity index (χ2n) is 6.38. The SMILES string of the molecule is c1nc(N2CCCCC2)cc(N2CCC(n3cncn3)CC2)n1. The maximum absolute atomic E-state index is 4.50. The first-order valence-electron chi connectivity index (χ1n) is 8.56. The van der Waals surface area contributed by atoms with Gasteiger partial charge in [-0.2, -0.15) is 5.10 Å². The minimum atomic E-state index is 0.456. The van der Waals surface area contributed by atoms with Crippen LogP contribution in [0.4, 0.5) is 11.6 Å². The average molecular weight is 313 g/mol. The third-order valence-electron chi connectivity index (χ3n) is 4.92. The molecule has 2 saturated heterocycles. The highest BCUT2D eigenvalue weighted by Gasteiger charge is 2.22. The van der Waals surface area contributed by atoms with Crippen LogP contribution in [0.15, 0.2) is 25.0 Å². The van der Waals surface area contributed by atoms with E-state index in [1.807, 2.05) is 11.0 Å². The van der Waals surface area contributed by atoms with Gasteiger partial charge in [-0.25, -0.2) is 19.6 Å². The van der Waals surface area contributed by atoms with E-state index in [-0.39, 0.29) is 0 Å². The Labute approximate surface area is 136 Å². The number of rotatable bonds is 3. The third-order valence-corrected chi connectivity index (χ3v) is 4.92. The summed E-state index contributed by atoms with van der Waals surface area (Å²) in [4.78, 5) is 17.8. The largest absolute Gasteiger partial charge is 0.356 e. The molecule has 0 atom stereocenters. The van der Waals surface area contributed by atoms with Gasteiger partial charge < -0.3 is 9.80 Å². The van der Waals surface area contributed by atoms with Crippen LogP contribution >= 0.6 is 0 Å². The number of nitrogens with zero attached hydrogens (tertiary/aromatic N) is 7. The lowest BCUT2D eigenvalue weighted by atomic mass is 10.1. The fourth-order valence-electron chi connectivity index (χ4n) is 3.57. The molecule has 7 nitrogen and oxygen atoms in total. The molecule has 0 amide bonds. The van der Waals surface area contributed by atoms with Crippen molar-refractivity contribution >= 4 is 11.6 Å². The number of piperidine rings is 2. The first-order valence-corrected chi connectivity index (χ1v) is 8.56. The maximum atomic E-state index is 4.50. The number of hydrogen-bond donors (Lipinski definition) is 0. The molecular formula is C16H23N7. The molecule has 0 N–H and O–H groups in total. The van der Waals surface area contributed by atoms with Gasteiger partial charge >= 0.3 is 0 Å². The van der Waals surface area contributed by atoms with Crippen LogP contribution in [0.25, 0.3) is 0 Å². The smallest absolute Gasteiger partial charge is 0.137 e. The monoisotopic (exact) mass is 313 g/mol. The Morgan fingerprint density at radius 2 is 1.52 bits per heavy atom. The quantitative estimate of drug-likeness (QED) is 0.862. The van der Waals surface area contributed by atoms with Gasteiger partial charge in [-0.15, -0.1) is 0 Å². The lowest BCUT2D eigenvalue weighted by molar-refractivity contribution is 0.365. The van der Waals surface area contributed by atoms with E-state index in [9.17, 15) is 0 Å². The highest BCUT2D eigenvalue weighted by Crippen LogP contribution is 2.26. The van der Waals surface area contributed by atoms with E-state index < -0.39 is 0 Å². The molecular weight excluding hydrogens is 290 g/mol. The fraction of sp³-hybridized carbons (Fsp3) is 0.625. The molecule has 0 spiro atoms. The van der Waals surface area contributed by atoms with Crippen molar-refractivity contribution in [2.45, 2.75) is 38.1 Å².